The molecule has 3 atom stereocenters. The molecule has 0 aliphatic rings. The second-order valence-corrected chi connectivity index (χ2v) is 7.69. The standard InChI is InChI=1S/C18H35N3O5/c1-8-12(14(22)16(24)19-9-2)20-15(23)13(10-11(3)4)21-17(25)26-18(5,6)7/h11-14,22H,8-10H2,1-7H3,(H,19,24)(H,20,23)(H,21,25)/t12-,13-,14?/m0/s1. The Bertz CT molecular complexity index is 474. The van der Waals surface area contributed by atoms with Gasteiger partial charge in [-0.25, -0.2) is 4.79 Å². The van der Waals surface area contributed by atoms with Crippen molar-refractivity contribution in [2.75, 3.05) is 6.54 Å². The number of ether oxygens (including phenoxy) is 1. The minimum atomic E-state index is -1.36. The molecule has 1 unspecified atom stereocenters. The van der Waals surface area contributed by atoms with E-state index in [0.29, 0.717) is 19.4 Å². The number of aliphatic hydroxyl groups excluding tert-OH is 1. The van der Waals surface area contributed by atoms with E-state index in [1.807, 2.05) is 13.8 Å². The minimum Gasteiger partial charge on any atom is -0.444 e. The third-order valence-electron chi connectivity index (χ3n) is 3.48. The predicted molar refractivity (Wildman–Crippen MR) is 99.5 cm³/mol. The van der Waals surface area contributed by atoms with Gasteiger partial charge in [-0.1, -0.05) is 20.8 Å². The van der Waals surface area contributed by atoms with E-state index in [4.69, 9.17) is 4.74 Å². The summed E-state index contributed by atoms with van der Waals surface area (Å²) in [6.45, 7) is 13.0. The number of rotatable bonds is 9. The van der Waals surface area contributed by atoms with E-state index in [-0.39, 0.29) is 5.92 Å². The van der Waals surface area contributed by atoms with Gasteiger partial charge in [-0.2, -0.15) is 0 Å². The third kappa shape index (κ3) is 9.60. The zero-order chi connectivity index (χ0) is 20.5. The molecule has 0 aliphatic carbocycles. The summed E-state index contributed by atoms with van der Waals surface area (Å²) in [4.78, 5) is 36.4. The van der Waals surface area contributed by atoms with Crippen molar-refractivity contribution in [1.29, 1.82) is 0 Å². The molecule has 0 spiro atoms. The monoisotopic (exact) mass is 373 g/mol. The molecule has 0 aliphatic heterocycles. The van der Waals surface area contributed by atoms with Crippen molar-refractivity contribution in [2.24, 2.45) is 5.92 Å². The summed E-state index contributed by atoms with van der Waals surface area (Å²) in [6.07, 6.45) is -1.27. The Balaban J connectivity index is 5.05. The summed E-state index contributed by atoms with van der Waals surface area (Å²) in [5, 5.41) is 17.9. The lowest BCUT2D eigenvalue weighted by molar-refractivity contribution is -0.132. The Kier molecular flexibility index (Phi) is 10.2. The van der Waals surface area contributed by atoms with E-state index >= 15 is 0 Å². The lowest BCUT2D eigenvalue weighted by Crippen LogP contribution is -2.55. The van der Waals surface area contributed by atoms with E-state index in [0.717, 1.165) is 0 Å². The summed E-state index contributed by atoms with van der Waals surface area (Å²) >= 11 is 0. The Morgan fingerprint density at radius 2 is 1.62 bits per heavy atom. The summed E-state index contributed by atoms with van der Waals surface area (Å²) in [5.74, 6) is -0.853. The highest BCUT2D eigenvalue weighted by Crippen LogP contribution is 2.10. The highest BCUT2D eigenvalue weighted by molar-refractivity contribution is 5.87. The maximum Gasteiger partial charge on any atom is 0.408 e. The molecular weight excluding hydrogens is 338 g/mol. The largest absolute Gasteiger partial charge is 0.444 e. The van der Waals surface area contributed by atoms with Crippen LogP contribution >= 0.6 is 0 Å². The Morgan fingerprint density at radius 1 is 1.04 bits per heavy atom. The van der Waals surface area contributed by atoms with E-state index in [2.05, 4.69) is 16.0 Å². The molecule has 3 amide bonds. The fraction of sp³-hybridized carbons (Fsp3) is 0.833. The van der Waals surface area contributed by atoms with Crippen LogP contribution in [0.4, 0.5) is 4.79 Å². The van der Waals surface area contributed by atoms with Crippen LogP contribution in [0.15, 0.2) is 0 Å². The van der Waals surface area contributed by atoms with Gasteiger partial charge in [0.25, 0.3) is 5.91 Å². The van der Waals surface area contributed by atoms with Gasteiger partial charge >= 0.3 is 6.09 Å². The van der Waals surface area contributed by atoms with Crippen molar-refractivity contribution in [3.63, 3.8) is 0 Å². The van der Waals surface area contributed by atoms with E-state index < -0.39 is 41.7 Å². The van der Waals surface area contributed by atoms with Crippen molar-refractivity contribution in [3.8, 4) is 0 Å². The first-order chi connectivity index (χ1) is 11.9. The number of carbonyl (C=O) groups excluding carboxylic acids is 3. The van der Waals surface area contributed by atoms with Gasteiger partial charge in [-0.3, -0.25) is 9.59 Å². The third-order valence-corrected chi connectivity index (χ3v) is 3.48. The maximum absolute atomic E-state index is 12.6. The molecule has 0 heterocycles. The Hall–Kier alpha value is -1.83. The second-order valence-electron chi connectivity index (χ2n) is 7.69. The molecule has 0 aromatic rings. The number of nitrogens with one attached hydrogen (secondary N) is 3. The lowest BCUT2D eigenvalue weighted by Gasteiger charge is -2.27. The first kappa shape index (κ1) is 24.2. The molecule has 0 saturated heterocycles. The van der Waals surface area contributed by atoms with Crippen LogP contribution in [0, 0.1) is 5.92 Å². The number of carbonyl (C=O) groups is 3. The number of hydrogen-bond donors (Lipinski definition) is 4. The van der Waals surface area contributed by atoms with Crippen LogP contribution in [0.3, 0.4) is 0 Å². The molecule has 0 radical (unpaired) electrons. The molecule has 0 aromatic carbocycles. The van der Waals surface area contributed by atoms with Crippen LogP contribution in [0.1, 0.15) is 61.3 Å². The molecule has 8 heteroatoms. The Labute approximate surface area is 156 Å². The zero-order valence-electron chi connectivity index (χ0n) is 17.0. The molecule has 26 heavy (non-hydrogen) atoms. The topological polar surface area (TPSA) is 117 Å². The van der Waals surface area contributed by atoms with E-state index in [1.165, 1.54) is 0 Å². The summed E-state index contributed by atoms with van der Waals surface area (Å²) in [6, 6.07) is -1.57. The molecule has 152 valence electrons. The van der Waals surface area contributed by atoms with Crippen molar-refractivity contribution >= 4 is 17.9 Å². The first-order valence-electron chi connectivity index (χ1n) is 9.16. The van der Waals surface area contributed by atoms with Crippen LogP contribution in [-0.4, -0.2) is 53.3 Å². The highest BCUT2D eigenvalue weighted by atomic mass is 16.6. The number of alkyl carbamates (subject to hydrolysis) is 1. The highest BCUT2D eigenvalue weighted by Gasteiger charge is 2.30. The zero-order valence-corrected chi connectivity index (χ0v) is 17.0. The van der Waals surface area contributed by atoms with Gasteiger partial charge in [-0.15, -0.1) is 0 Å². The SMILES string of the molecule is CCNC(=O)C(O)[C@H](CC)NC(=O)[C@H](CC(C)C)NC(=O)OC(C)(C)C. The second kappa shape index (κ2) is 11.0. The van der Waals surface area contributed by atoms with Crippen molar-refractivity contribution in [3.05, 3.63) is 0 Å². The predicted octanol–water partition coefficient (Wildman–Crippen LogP) is 1.32. The smallest absolute Gasteiger partial charge is 0.408 e. The molecule has 4 N–H and O–H groups in total. The van der Waals surface area contributed by atoms with Gasteiger partial charge in [-0.05, 0) is 46.5 Å². The Morgan fingerprint density at radius 3 is 2.04 bits per heavy atom. The molecule has 0 rings (SSSR count). The normalized spacial score (nSPS) is 15.0. The quantitative estimate of drug-likeness (QED) is 0.486. The molecule has 8 nitrogen and oxygen atoms in total. The summed E-state index contributed by atoms with van der Waals surface area (Å²) in [7, 11) is 0. The van der Waals surface area contributed by atoms with Crippen molar-refractivity contribution in [1.82, 2.24) is 16.0 Å². The number of likely N-dealkylation sites (N-methyl/N-ethyl adjacent to an activating group) is 1. The molecule has 0 fully saturated rings. The molecule has 0 bridgehead atoms. The van der Waals surface area contributed by atoms with Crippen LogP contribution < -0.4 is 16.0 Å². The van der Waals surface area contributed by atoms with E-state index in [9.17, 15) is 19.5 Å². The van der Waals surface area contributed by atoms with Gasteiger partial charge in [0.1, 0.15) is 11.6 Å². The van der Waals surface area contributed by atoms with Gasteiger partial charge < -0.3 is 25.8 Å². The number of hydrogen-bond acceptors (Lipinski definition) is 5. The average Bonchev–Trinajstić information content (AvgIpc) is 2.48. The lowest BCUT2D eigenvalue weighted by atomic mass is 10.0. The van der Waals surface area contributed by atoms with Gasteiger partial charge in [0.05, 0.1) is 6.04 Å². The average molecular weight is 373 g/mol. The first-order valence-corrected chi connectivity index (χ1v) is 9.16. The molecular formula is C18H35N3O5. The number of aliphatic hydroxyl groups is 1. The fourth-order valence-electron chi connectivity index (χ4n) is 2.30. The summed E-state index contributed by atoms with van der Waals surface area (Å²) < 4.78 is 5.21. The van der Waals surface area contributed by atoms with Crippen molar-refractivity contribution < 1.29 is 24.2 Å². The van der Waals surface area contributed by atoms with Crippen LogP contribution in [0.5, 0.6) is 0 Å². The number of amides is 3. The molecule has 0 saturated carbocycles. The van der Waals surface area contributed by atoms with Gasteiger partial charge in [0, 0.05) is 6.54 Å². The van der Waals surface area contributed by atoms with Gasteiger partial charge in [0.15, 0.2) is 6.10 Å². The minimum absolute atomic E-state index is 0.147. The molecule has 0 aromatic heterocycles. The van der Waals surface area contributed by atoms with Crippen molar-refractivity contribution in [2.45, 2.75) is 85.1 Å². The fourth-order valence-corrected chi connectivity index (χ4v) is 2.30. The van der Waals surface area contributed by atoms with Crippen LogP contribution in [-0.2, 0) is 14.3 Å². The maximum atomic E-state index is 12.6. The van der Waals surface area contributed by atoms with Crippen LogP contribution in [0.2, 0.25) is 0 Å². The van der Waals surface area contributed by atoms with Gasteiger partial charge in [0.2, 0.25) is 5.91 Å². The van der Waals surface area contributed by atoms with Crippen LogP contribution in [0.25, 0.3) is 0 Å². The summed E-state index contributed by atoms with van der Waals surface area (Å²) in [5.41, 5.74) is -0.677. The van der Waals surface area contributed by atoms with E-state index in [1.54, 1.807) is 34.6 Å².